The molecule has 6 heteroatoms. The third kappa shape index (κ3) is 4.00. The summed E-state index contributed by atoms with van der Waals surface area (Å²) in [4.78, 5) is 39.9. The number of rotatable bonds is 6. The lowest BCUT2D eigenvalue weighted by molar-refractivity contribution is -0.142. The van der Waals surface area contributed by atoms with Crippen LogP contribution in [0.3, 0.4) is 0 Å². The maximum absolute atomic E-state index is 13.0. The van der Waals surface area contributed by atoms with Crippen molar-refractivity contribution in [2.75, 3.05) is 7.05 Å². The van der Waals surface area contributed by atoms with Crippen molar-refractivity contribution in [2.45, 2.75) is 31.5 Å². The molecule has 6 nitrogen and oxygen atoms in total. The van der Waals surface area contributed by atoms with Crippen molar-refractivity contribution in [3.8, 4) is 0 Å². The van der Waals surface area contributed by atoms with Gasteiger partial charge in [0.15, 0.2) is 0 Å². The van der Waals surface area contributed by atoms with Gasteiger partial charge in [-0.05, 0) is 11.1 Å². The monoisotopic (exact) mass is 366 g/mol. The van der Waals surface area contributed by atoms with E-state index in [9.17, 15) is 14.4 Å². The van der Waals surface area contributed by atoms with E-state index >= 15 is 0 Å². The van der Waals surface area contributed by atoms with Gasteiger partial charge in [-0.2, -0.15) is 0 Å². The van der Waals surface area contributed by atoms with Gasteiger partial charge in [0.05, 0.1) is 6.42 Å². The number of hydrogen-bond donors (Lipinski definition) is 1. The van der Waals surface area contributed by atoms with Crippen molar-refractivity contribution in [1.29, 1.82) is 0 Å². The molecule has 1 aliphatic rings. The van der Waals surface area contributed by atoms with Gasteiger partial charge < -0.3 is 14.9 Å². The third-order valence-electron chi connectivity index (χ3n) is 4.81. The highest BCUT2D eigenvalue weighted by Gasteiger charge is 2.46. The Balaban J connectivity index is 1.95. The van der Waals surface area contributed by atoms with Crippen LogP contribution in [0, 0.1) is 0 Å². The molecule has 1 heterocycles. The number of hydrogen-bond acceptors (Lipinski definition) is 3. The van der Waals surface area contributed by atoms with Crippen LogP contribution in [0.4, 0.5) is 0 Å². The van der Waals surface area contributed by atoms with Gasteiger partial charge in [0.2, 0.25) is 11.8 Å². The molecule has 0 bridgehead atoms. The molecular formula is C21H22N2O4. The number of carbonyl (C=O) groups excluding carboxylic acids is 2. The van der Waals surface area contributed by atoms with Crippen LogP contribution in [-0.2, 0) is 20.8 Å². The number of aliphatic carboxylic acids is 1. The minimum absolute atomic E-state index is 0.134. The smallest absolute Gasteiger partial charge is 0.303 e. The second-order valence-corrected chi connectivity index (χ2v) is 6.63. The summed E-state index contributed by atoms with van der Waals surface area (Å²) in [6, 6.07) is 18.2. The first-order chi connectivity index (χ1) is 13.0. The highest BCUT2D eigenvalue weighted by Crippen LogP contribution is 2.35. The molecule has 0 aliphatic carbocycles. The lowest BCUT2D eigenvalue weighted by Gasteiger charge is -2.30. The van der Waals surface area contributed by atoms with Crippen LogP contribution in [0.15, 0.2) is 60.7 Å². The van der Waals surface area contributed by atoms with Gasteiger partial charge in [-0.3, -0.25) is 14.4 Å². The van der Waals surface area contributed by atoms with E-state index < -0.39 is 18.2 Å². The maximum atomic E-state index is 13.0. The SMILES string of the molecule is CN1C(=O)C(Cc2ccccc2)N(C(=O)CCC(=O)O)C1c1ccccc1. The molecule has 2 unspecified atom stereocenters. The van der Waals surface area contributed by atoms with Crippen molar-refractivity contribution in [3.63, 3.8) is 0 Å². The second kappa shape index (κ2) is 8.03. The van der Waals surface area contributed by atoms with Gasteiger partial charge in [-0.1, -0.05) is 60.7 Å². The minimum Gasteiger partial charge on any atom is -0.481 e. The summed E-state index contributed by atoms with van der Waals surface area (Å²) < 4.78 is 0. The lowest BCUT2D eigenvalue weighted by atomic mass is 10.0. The van der Waals surface area contributed by atoms with Crippen molar-refractivity contribution < 1.29 is 19.5 Å². The Labute approximate surface area is 158 Å². The lowest BCUT2D eigenvalue weighted by Crippen LogP contribution is -2.41. The number of amides is 2. The average Bonchev–Trinajstić information content (AvgIpc) is 2.92. The molecule has 3 rings (SSSR count). The Kier molecular flexibility index (Phi) is 5.54. The Hall–Kier alpha value is -3.15. The number of nitrogens with zero attached hydrogens (tertiary/aromatic N) is 2. The highest BCUT2D eigenvalue weighted by atomic mass is 16.4. The van der Waals surface area contributed by atoms with E-state index in [4.69, 9.17) is 5.11 Å². The summed E-state index contributed by atoms with van der Waals surface area (Å²) in [5, 5.41) is 8.95. The van der Waals surface area contributed by atoms with Crippen molar-refractivity contribution >= 4 is 17.8 Å². The molecule has 0 aromatic heterocycles. The van der Waals surface area contributed by atoms with Crippen molar-refractivity contribution in [3.05, 3.63) is 71.8 Å². The van der Waals surface area contributed by atoms with Gasteiger partial charge in [0, 0.05) is 19.9 Å². The fraction of sp³-hybridized carbons (Fsp3) is 0.286. The number of benzene rings is 2. The van der Waals surface area contributed by atoms with E-state index in [1.165, 1.54) is 0 Å². The predicted molar refractivity (Wildman–Crippen MR) is 99.6 cm³/mol. The summed E-state index contributed by atoms with van der Waals surface area (Å²) in [5.41, 5.74) is 1.78. The van der Waals surface area contributed by atoms with E-state index in [0.29, 0.717) is 6.42 Å². The molecule has 2 atom stereocenters. The largest absolute Gasteiger partial charge is 0.481 e. The quantitative estimate of drug-likeness (QED) is 0.852. The zero-order valence-electron chi connectivity index (χ0n) is 15.1. The zero-order chi connectivity index (χ0) is 19.4. The van der Waals surface area contributed by atoms with Crippen LogP contribution in [0.5, 0.6) is 0 Å². The average molecular weight is 366 g/mol. The summed E-state index contributed by atoms with van der Waals surface area (Å²) in [7, 11) is 1.68. The minimum atomic E-state index is -1.03. The molecule has 0 radical (unpaired) electrons. The van der Waals surface area contributed by atoms with Gasteiger partial charge in [0.25, 0.3) is 0 Å². The van der Waals surface area contributed by atoms with Crippen LogP contribution in [0.1, 0.15) is 30.1 Å². The van der Waals surface area contributed by atoms with E-state index in [0.717, 1.165) is 11.1 Å². The number of likely N-dealkylation sites (N-methyl/N-ethyl adjacent to an activating group) is 1. The van der Waals surface area contributed by atoms with Crippen LogP contribution in [0.2, 0.25) is 0 Å². The standard InChI is InChI=1S/C21H22N2O4/c1-22-20(16-10-6-3-7-11-16)23(18(24)12-13-19(25)26)17(21(22)27)14-15-8-4-2-5-9-15/h2-11,17,20H,12-14H2,1H3,(H,25,26). The second-order valence-electron chi connectivity index (χ2n) is 6.63. The van der Waals surface area contributed by atoms with Crippen LogP contribution in [-0.4, -0.2) is 45.8 Å². The Bertz CT molecular complexity index is 823. The van der Waals surface area contributed by atoms with Crippen LogP contribution < -0.4 is 0 Å². The predicted octanol–water partition coefficient (Wildman–Crippen LogP) is 2.46. The molecule has 2 amide bonds. The zero-order valence-corrected chi connectivity index (χ0v) is 15.1. The fourth-order valence-electron chi connectivity index (χ4n) is 3.52. The number of carbonyl (C=O) groups is 3. The Morgan fingerprint density at radius 2 is 1.56 bits per heavy atom. The number of carboxylic acids is 1. The van der Waals surface area contributed by atoms with Crippen LogP contribution >= 0.6 is 0 Å². The maximum Gasteiger partial charge on any atom is 0.303 e. The molecule has 2 aromatic rings. The van der Waals surface area contributed by atoms with E-state index in [1.54, 1.807) is 16.8 Å². The summed E-state index contributed by atoms with van der Waals surface area (Å²) in [6.07, 6.45) is -0.530. The molecule has 140 valence electrons. The van der Waals surface area contributed by atoms with Crippen molar-refractivity contribution in [1.82, 2.24) is 9.80 Å². The first kappa shape index (κ1) is 18.6. The molecule has 27 heavy (non-hydrogen) atoms. The van der Waals surface area contributed by atoms with E-state index in [2.05, 4.69) is 0 Å². The molecule has 1 saturated heterocycles. The fourth-order valence-corrected chi connectivity index (χ4v) is 3.52. The third-order valence-corrected chi connectivity index (χ3v) is 4.81. The summed E-state index contributed by atoms with van der Waals surface area (Å²) in [6.45, 7) is 0. The van der Waals surface area contributed by atoms with Gasteiger partial charge in [-0.25, -0.2) is 0 Å². The first-order valence-electron chi connectivity index (χ1n) is 8.87. The highest BCUT2D eigenvalue weighted by molar-refractivity contribution is 5.92. The van der Waals surface area contributed by atoms with Gasteiger partial charge >= 0.3 is 5.97 Å². The molecule has 0 spiro atoms. The van der Waals surface area contributed by atoms with Gasteiger partial charge in [0.1, 0.15) is 12.2 Å². The summed E-state index contributed by atoms with van der Waals surface area (Å²) >= 11 is 0. The van der Waals surface area contributed by atoms with Crippen LogP contribution in [0.25, 0.3) is 0 Å². The molecule has 1 aliphatic heterocycles. The normalized spacial score (nSPS) is 19.4. The Morgan fingerprint density at radius 1 is 0.963 bits per heavy atom. The first-order valence-corrected chi connectivity index (χ1v) is 8.87. The molecule has 1 N–H and O–H groups in total. The van der Waals surface area contributed by atoms with Crippen molar-refractivity contribution in [2.24, 2.45) is 0 Å². The molecule has 1 fully saturated rings. The Morgan fingerprint density at radius 3 is 2.15 bits per heavy atom. The topological polar surface area (TPSA) is 77.9 Å². The molecular weight excluding hydrogens is 344 g/mol. The van der Waals surface area contributed by atoms with E-state index in [1.807, 2.05) is 60.7 Å². The molecule has 2 aromatic carbocycles. The molecule has 0 saturated carbocycles. The van der Waals surface area contributed by atoms with E-state index in [-0.39, 0.29) is 24.7 Å². The summed E-state index contributed by atoms with van der Waals surface area (Å²) in [5.74, 6) is -1.50. The number of carboxylic acid groups (broad SMARTS) is 1. The van der Waals surface area contributed by atoms with Gasteiger partial charge in [-0.15, -0.1) is 0 Å².